The van der Waals surface area contributed by atoms with Gasteiger partial charge < -0.3 is 10.2 Å². The molecule has 0 saturated heterocycles. The molecule has 10 heteroatoms. The molecule has 2 rings (SSSR count). The third-order valence-corrected chi connectivity index (χ3v) is 6.80. The molecule has 0 heterocycles. The number of benzene rings is 2. The second-order valence-corrected chi connectivity index (χ2v) is 12.0. The summed E-state index contributed by atoms with van der Waals surface area (Å²) in [5.41, 5.74) is 1.16. The van der Waals surface area contributed by atoms with Crippen LogP contribution in [-0.4, -0.2) is 49.5 Å². The lowest BCUT2D eigenvalue weighted by molar-refractivity contribution is -0.140. The van der Waals surface area contributed by atoms with Crippen LogP contribution in [0, 0.1) is 6.92 Å². The Morgan fingerprint density at radius 3 is 2.24 bits per heavy atom. The third kappa shape index (κ3) is 7.61. The van der Waals surface area contributed by atoms with Gasteiger partial charge in [0.2, 0.25) is 21.8 Å². The summed E-state index contributed by atoms with van der Waals surface area (Å²) in [6.45, 7) is 8.40. The van der Waals surface area contributed by atoms with Crippen LogP contribution in [0.15, 0.2) is 42.5 Å². The van der Waals surface area contributed by atoms with Gasteiger partial charge in [-0.05, 0) is 63.9 Å². The number of sulfonamides is 1. The molecule has 0 spiro atoms. The molecule has 2 aromatic rings. The Labute approximate surface area is 212 Å². The average molecular weight is 529 g/mol. The lowest BCUT2D eigenvalue weighted by atomic mass is 10.1. The van der Waals surface area contributed by atoms with Crippen LogP contribution in [0.25, 0.3) is 0 Å². The molecule has 2 aromatic carbocycles. The predicted molar refractivity (Wildman–Crippen MR) is 138 cm³/mol. The Morgan fingerprint density at radius 1 is 1.09 bits per heavy atom. The van der Waals surface area contributed by atoms with E-state index in [1.54, 1.807) is 56.3 Å². The summed E-state index contributed by atoms with van der Waals surface area (Å²) in [6, 6.07) is 10.9. The first kappa shape index (κ1) is 28.0. The van der Waals surface area contributed by atoms with Crippen molar-refractivity contribution in [3.63, 3.8) is 0 Å². The molecule has 1 atom stereocenters. The maximum atomic E-state index is 13.5. The van der Waals surface area contributed by atoms with Crippen molar-refractivity contribution in [2.75, 3.05) is 17.1 Å². The van der Waals surface area contributed by atoms with Crippen LogP contribution < -0.4 is 9.62 Å². The molecule has 1 N–H and O–H groups in total. The van der Waals surface area contributed by atoms with Gasteiger partial charge >= 0.3 is 0 Å². The monoisotopic (exact) mass is 527 g/mol. The molecule has 186 valence electrons. The van der Waals surface area contributed by atoms with E-state index >= 15 is 0 Å². The number of nitrogens with zero attached hydrogens (tertiary/aromatic N) is 2. The fourth-order valence-corrected chi connectivity index (χ4v) is 4.70. The van der Waals surface area contributed by atoms with Crippen molar-refractivity contribution in [2.45, 2.75) is 52.7 Å². The molecule has 0 radical (unpaired) electrons. The van der Waals surface area contributed by atoms with E-state index in [1.807, 2.05) is 20.8 Å². The highest BCUT2D eigenvalue weighted by molar-refractivity contribution is 7.92. The number of hydrogen-bond donors (Lipinski definition) is 1. The molecule has 0 saturated carbocycles. The average Bonchev–Trinajstić information content (AvgIpc) is 2.69. The second-order valence-electron chi connectivity index (χ2n) is 9.23. The summed E-state index contributed by atoms with van der Waals surface area (Å²) in [7, 11) is -3.79. The van der Waals surface area contributed by atoms with Crippen LogP contribution >= 0.6 is 23.2 Å². The van der Waals surface area contributed by atoms with Crippen LogP contribution in [0.5, 0.6) is 0 Å². The van der Waals surface area contributed by atoms with Gasteiger partial charge in [-0.3, -0.25) is 13.9 Å². The number of nitrogens with one attached hydrogen (secondary N) is 1. The van der Waals surface area contributed by atoms with Gasteiger partial charge in [-0.25, -0.2) is 8.42 Å². The summed E-state index contributed by atoms with van der Waals surface area (Å²) >= 11 is 12.3. The molecule has 0 aromatic heterocycles. The van der Waals surface area contributed by atoms with Gasteiger partial charge in [-0.1, -0.05) is 47.5 Å². The summed E-state index contributed by atoms with van der Waals surface area (Å²) in [4.78, 5) is 27.8. The molecule has 0 aliphatic carbocycles. The number of hydrogen-bond acceptors (Lipinski definition) is 4. The van der Waals surface area contributed by atoms with Crippen molar-refractivity contribution in [3.05, 3.63) is 63.6 Å². The highest BCUT2D eigenvalue weighted by Crippen LogP contribution is 2.25. The number of rotatable bonds is 8. The molecule has 34 heavy (non-hydrogen) atoms. The Kier molecular flexibility index (Phi) is 9.02. The van der Waals surface area contributed by atoms with Gasteiger partial charge in [0, 0.05) is 22.1 Å². The molecule has 0 aliphatic rings. The number of carbonyl (C=O) groups is 2. The largest absolute Gasteiger partial charge is 0.350 e. The van der Waals surface area contributed by atoms with Crippen molar-refractivity contribution < 1.29 is 18.0 Å². The molecule has 2 amide bonds. The number of halogens is 2. The molecular weight excluding hydrogens is 497 g/mol. The zero-order chi connectivity index (χ0) is 25.8. The molecule has 0 aliphatic heterocycles. The van der Waals surface area contributed by atoms with Crippen LogP contribution in [0.3, 0.4) is 0 Å². The second kappa shape index (κ2) is 11.0. The third-order valence-electron chi connectivity index (χ3n) is 5.08. The molecule has 0 fully saturated rings. The fourth-order valence-electron chi connectivity index (χ4n) is 3.33. The maximum Gasteiger partial charge on any atom is 0.244 e. The smallest absolute Gasteiger partial charge is 0.244 e. The van der Waals surface area contributed by atoms with Gasteiger partial charge in [-0.15, -0.1) is 0 Å². The number of anilines is 1. The van der Waals surface area contributed by atoms with E-state index in [0.717, 1.165) is 10.6 Å². The molecular formula is C24H31Cl2N3O4S. The van der Waals surface area contributed by atoms with E-state index < -0.39 is 34.1 Å². The van der Waals surface area contributed by atoms with Crippen LogP contribution in [0.4, 0.5) is 5.69 Å². The molecule has 0 bridgehead atoms. The number of aryl methyl sites for hydroxylation is 1. The predicted octanol–water partition coefficient (Wildman–Crippen LogP) is 4.40. The summed E-state index contributed by atoms with van der Waals surface area (Å²) in [6.07, 6.45) is 1.04. The van der Waals surface area contributed by atoms with E-state index in [0.29, 0.717) is 26.9 Å². The first-order valence-corrected chi connectivity index (χ1v) is 13.3. The fraction of sp³-hybridized carbons (Fsp3) is 0.417. The quantitative estimate of drug-likeness (QED) is 0.551. The minimum absolute atomic E-state index is 0.00105. The topological polar surface area (TPSA) is 86.8 Å². The summed E-state index contributed by atoms with van der Waals surface area (Å²) in [5.74, 6) is -0.913. The highest BCUT2D eigenvalue weighted by Gasteiger charge is 2.32. The van der Waals surface area contributed by atoms with Gasteiger partial charge in [-0.2, -0.15) is 0 Å². The minimum atomic E-state index is -3.79. The lowest BCUT2D eigenvalue weighted by Gasteiger charge is -2.33. The van der Waals surface area contributed by atoms with Crippen molar-refractivity contribution in [3.8, 4) is 0 Å². The molecule has 0 unspecified atom stereocenters. The zero-order valence-electron chi connectivity index (χ0n) is 20.2. The SMILES string of the molecule is Cc1ccccc1N(CC(=O)N(Cc1ccc(Cl)cc1Cl)[C@H](C)C(=O)NC(C)(C)C)S(C)(=O)=O. The number of amides is 2. The highest BCUT2D eigenvalue weighted by atomic mass is 35.5. The Balaban J connectivity index is 2.46. The van der Waals surface area contributed by atoms with Crippen molar-refractivity contribution in [1.29, 1.82) is 0 Å². The first-order valence-electron chi connectivity index (χ1n) is 10.7. The number of carbonyl (C=O) groups excluding carboxylic acids is 2. The van der Waals surface area contributed by atoms with E-state index in [1.165, 1.54) is 4.90 Å². The van der Waals surface area contributed by atoms with Gasteiger partial charge in [0.1, 0.15) is 12.6 Å². The Morgan fingerprint density at radius 2 is 1.71 bits per heavy atom. The summed E-state index contributed by atoms with van der Waals surface area (Å²) < 4.78 is 26.3. The van der Waals surface area contributed by atoms with Gasteiger partial charge in [0.05, 0.1) is 11.9 Å². The van der Waals surface area contributed by atoms with E-state index in [2.05, 4.69) is 5.32 Å². The zero-order valence-corrected chi connectivity index (χ0v) is 22.6. The van der Waals surface area contributed by atoms with Crippen molar-refractivity contribution in [1.82, 2.24) is 10.2 Å². The lowest BCUT2D eigenvalue weighted by Crippen LogP contribution is -2.54. The standard InChI is InChI=1S/C24H31Cl2N3O4S/c1-16-9-7-8-10-21(16)29(34(6,32)33)15-22(30)28(17(2)23(31)27-24(3,4)5)14-18-11-12-19(25)13-20(18)26/h7-13,17H,14-15H2,1-6H3,(H,27,31)/t17-/m1/s1. The Hall–Kier alpha value is -2.29. The first-order chi connectivity index (χ1) is 15.6. The maximum absolute atomic E-state index is 13.5. The van der Waals surface area contributed by atoms with Gasteiger partial charge in [0.15, 0.2) is 0 Å². The van der Waals surface area contributed by atoms with Gasteiger partial charge in [0.25, 0.3) is 0 Å². The van der Waals surface area contributed by atoms with Crippen LogP contribution in [0.1, 0.15) is 38.8 Å². The van der Waals surface area contributed by atoms with Crippen LogP contribution in [-0.2, 0) is 26.2 Å². The normalized spacial score (nSPS) is 12.7. The number of para-hydroxylation sites is 1. The van der Waals surface area contributed by atoms with E-state index in [9.17, 15) is 18.0 Å². The van der Waals surface area contributed by atoms with E-state index in [-0.39, 0.29) is 12.5 Å². The van der Waals surface area contributed by atoms with Crippen LogP contribution in [0.2, 0.25) is 10.0 Å². The molecule has 7 nitrogen and oxygen atoms in total. The van der Waals surface area contributed by atoms with Crippen molar-refractivity contribution >= 4 is 50.7 Å². The summed E-state index contributed by atoms with van der Waals surface area (Å²) in [5, 5.41) is 3.65. The van der Waals surface area contributed by atoms with Crippen molar-refractivity contribution in [2.24, 2.45) is 0 Å². The van der Waals surface area contributed by atoms with E-state index in [4.69, 9.17) is 23.2 Å². The minimum Gasteiger partial charge on any atom is -0.350 e. The Bertz CT molecular complexity index is 1160.